The molecule has 2 N–H and O–H groups in total. The van der Waals surface area contributed by atoms with Gasteiger partial charge in [0.15, 0.2) is 5.13 Å². The van der Waals surface area contributed by atoms with Gasteiger partial charge in [-0.15, -0.1) is 11.3 Å². The molecule has 2 aromatic carbocycles. The van der Waals surface area contributed by atoms with Crippen LogP contribution in [-0.4, -0.2) is 48.0 Å². The molecule has 0 radical (unpaired) electrons. The first-order valence-corrected chi connectivity index (χ1v) is 10.7. The lowest BCUT2D eigenvalue weighted by molar-refractivity contribution is 0.0741. The lowest BCUT2D eigenvalue weighted by Crippen LogP contribution is -2.49. The summed E-state index contributed by atoms with van der Waals surface area (Å²) < 4.78 is 0. The molecule has 0 spiro atoms. The van der Waals surface area contributed by atoms with Gasteiger partial charge >= 0.3 is 6.03 Å². The topological polar surface area (TPSA) is 77.6 Å². The monoisotopic (exact) mass is 441 g/mol. The number of halogens is 1. The van der Waals surface area contributed by atoms with Crippen molar-refractivity contribution in [3.05, 3.63) is 70.7 Å². The van der Waals surface area contributed by atoms with Gasteiger partial charge in [-0.1, -0.05) is 41.9 Å². The number of amides is 3. The van der Waals surface area contributed by atoms with E-state index in [1.54, 1.807) is 22.4 Å². The molecule has 0 saturated carbocycles. The van der Waals surface area contributed by atoms with Gasteiger partial charge in [-0.2, -0.15) is 0 Å². The van der Waals surface area contributed by atoms with Crippen molar-refractivity contribution in [1.82, 2.24) is 9.88 Å². The molecule has 1 fully saturated rings. The Morgan fingerprint density at radius 1 is 0.933 bits per heavy atom. The molecule has 154 valence electrons. The second-order valence-corrected chi connectivity index (χ2v) is 7.98. The van der Waals surface area contributed by atoms with Crippen LogP contribution in [0.1, 0.15) is 10.5 Å². The molecule has 0 bridgehead atoms. The average Bonchev–Trinajstić information content (AvgIpc) is 3.23. The molecule has 1 aliphatic rings. The molecule has 0 aliphatic carbocycles. The van der Waals surface area contributed by atoms with E-state index in [4.69, 9.17) is 11.6 Å². The van der Waals surface area contributed by atoms with Crippen molar-refractivity contribution < 1.29 is 9.59 Å². The standard InChI is InChI=1S/C21H20ClN5O2S/c22-16-8-4-5-9-18(16)26-10-12-27(13-11-26)19(28)17-14-30-21(24-17)25-20(29)23-15-6-2-1-3-7-15/h1-9,14H,10-13H2,(H2,23,24,25,29). The number of rotatable bonds is 4. The fourth-order valence-corrected chi connectivity index (χ4v) is 4.17. The van der Waals surface area contributed by atoms with Crippen LogP contribution in [-0.2, 0) is 0 Å². The smallest absolute Gasteiger partial charge is 0.325 e. The van der Waals surface area contributed by atoms with Crippen molar-refractivity contribution in [1.29, 1.82) is 0 Å². The van der Waals surface area contributed by atoms with Crippen LogP contribution in [0.4, 0.5) is 21.3 Å². The molecule has 1 aliphatic heterocycles. The van der Waals surface area contributed by atoms with Crippen molar-refractivity contribution >= 4 is 51.4 Å². The normalized spacial score (nSPS) is 13.8. The van der Waals surface area contributed by atoms with Gasteiger partial charge in [-0.05, 0) is 24.3 Å². The number of carbonyl (C=O) groups excluding carboxylic acids is 2. The number of nitrogens with one attached hydrogen (secondary N) is 2. The van der Waals surface area contributed by atoms with Gasteiger partial charge in [0.25, 0.3) is 5.91 Å². The number of thiazole rings is 1. The Hall–Kier alpha value is -3.10. The first-order valence-electron chi connectivity index (χ1n) is 9.47. The molecule has 0 atom stereocenters. The van der Waals surface area contributed by atoms with E-state index in [9.17, 15) is 9.59 Å². The lowest BCUT2D eigenvalue weighted by Gasteiger charge is -2.36. The third-order valence-electron chi connectivity index (χ3n) is 4.74. The van der Waals surface area contributed by atoms with Crippen LogP contribution in [0, 0.1) is 0 Å². The average molecular weight is 442 g/mol. The van der Waals surface area contributed by atoms with Gasteiger partial charge in [0.1, 0.15) is 5.69 Å². The zero-order valence-electron chi connectivity index (χ0n) is 16.0. The number of aromatic nitrogens is 1. The van der Waals surface area contributed by atoms with Gasteiger partial charge in [0, 0.05) is 37.2 Å². The van der Waals surface area contributed by atoms with E-state index in [1.807, 2.05) is 42.5 Å². The Labute approximate surface area is 183 Å². The number of hydrogen-bond donors (Lipinski definition) is 2. The van der Waals surface area contributed by atoms with Crippen LogP contribution in [0.15, 0.2) is 60.0 Å². The molecule has 3 aromatic rings. The Morgan fingerprint density at radius 2 is 1.63 bits per heavy atom. The van der Waals surface area contributed by atoms with E-state index >= 15 is 0 Å². The first kappa shape index (κ1) is 20.2. The van der Waals surface area contributed by atoms with Crippen LogP contribution < -0.4 is 15.5 Å². The number of anilines is 3. The summed E-state index contributed by atoms with van der Waals surface area (Å²) in [5, 5.41) is 8.14. The van der Waals surface area contributed by atoms with Crippen LogP contribution in [0.5, 0.6) is 0 Å². The predicted molar refractivity (Wildman–Crippen MR) is 121 cm³/mol. The van der Waals surface area contributed by atoms with Crippen molar-refractivity contribution in [3.8, 4) is 0 Å². The third-order valence-corrected chi connectivity index (χ3v) is 5.81. The second kappa shape index (κ2) is 9.15. The first-order chi connectivity index (χ1) is 14.6. The van der Waals surface area contributed by atoms with E-state index in [-0.39, 0.29) is 5.91 Å². The maximum absolute atomic E-state index is 12.8. The summed E-state index contributed by atoms with van der Waals surface area (Å²) in [6, 6.07) is 16.4. The Morgan fingerprint density at radius 3 is 2.37 bits per heavy atom. The van der Waals surface area contributed by atoms with Gasteiger partial charge in [-0.3, -0.25) is 10.1 Å². The van der Waals surface area contributed by atoms with Gasteiger partial charge in [0.05, 0.1) is 10.7 Å². The predicted octanol–water partition coefficient (Wildman–Crippen LogP) is 4.40. The quantitative estimate of drug-likeness (QED) is 0.629. The molecular formula is C21H20ClN5O2S. The number of urea groups is 1. The molecule has 1 aromatic heterocycles. The minimum atomic E-state index is -0.400. The summed E-state index contributed by atoms with van der Waals surface area (Å²) in [5.41, 5.74) is 2.00. The minimum absolute atomic E-state index is 0.137. The Bertz CT molecular complexity index is 1030. The highest BCUT2D eigenvalue weighted by Gasteiger charge is 2.25. The molecule has 30 heavy (non-hydrogen) atoms. The summed E-state index contributed by atoms with van der Waals surface area (Å²) >= 11 is 7.50. The fraction of sp³-hybridized carbons (Fsp3) is 0.190. The summed E-state index contributed by atoms with van der Waals surface area (Å²) in [6.45, 7) is 2.56. The van der Waals surface area contributed by atoms with Crippen LogP contribution in [0.3, 0.4) is 0 Å². The van der Waals surface area contributed by atoms with Crippen LogP contribution in [0.2, 0.25) is 5.02 Å². The molecule has 9 heteroatoms. The Balaban J connectivity index is 1.32. The number of para-hydroxylation sites is 2. The van der Waals surface area contributed by atoms with Gasteiger partial charge in [-0.25, -0.2) is 9.78 Å². The third kappa shape index (κ3) is 4.72. The molecule has 0 unspecified atom stereocenters. The largest absolute Gasteiger partial charge is 0.367 e. The van der Waals surface area contributed by atoms with Crippen LogP contribution in [0.25, 0.3) is 0 Å². The Kier molecular flexibility index (Phi) is 6.15. The highest BCUT2D eigenvalue weighted by Crippen LogP contribution is 2.26. The molecule has 4 rings (SSSR count). The molecular weight excluding hydrogens is 422 g/mol. The van der Waals surface area contributed by atoms with Crippen molar-refractivity contribution in [2.75, 3.05) is 41.7 Å². The minimum Gasteiger partial charge on any atom is -0.367 e. The highest BCUT2D eigenvalue weighted by atomic mass is 35.5. The van der Waals surface area contributed by atoms with Crippen molar-refractivity contribution in [3.63, 3.8) is 0 Å². The summed E-state index contributed by atoms with van der Waals surface area (Å²) in [4.78, 5) is 33.1. The number of nitrogens with zero attached hydrogens (tertiary/aromatic N) is 3. The highest BCUT2D eigenvalue weighted by molar-refractivity contribution is 7.14. The zero-order valence-corrected chi connectivity index (χ0v) is 17.6. The van der Waals surface area contributed by atoms with Crippen molar-refractivity contribution in [2.45, 2.75) is 0 Å². The summed E-state index contributed by atoms with van der Waals surface area (Å²) in [5.74, 6) is -0.137. The molecule has 1 saturated heterocycles. The summed E-state index contributed by atoms with van der Waals surface area (Å²) in [6.07, 6.45) is 0. The van der Waals surface area contributed by atoms with E-state index in [1.165, 1.54) is 11.3 Å². The number of benzene rings is 2. The summed E-state index contributed by atoms with van der Waals surface area (Å²) in [7, 11) is 0. The second-order valence-electron chi connectivity index (χ2n) is 6.71. The SMILES string of the molecule is O=C(Nc1ccccc1)Nc1nc(C(=O)N2CCN(c3ccccc3Cl)CC2)cs1. The maximum atomic E-state index is 12.8. The fourth-order valence-electron chi connectivity index (χ4n) is 3.23. The molecule has 3 amide bonds. The van der Waals surface area contributed by atoms with Gasteiger partial charge < -0.3 is 15.1 Å². The molecule has 2 heterocycles. The maximum Gasteiger partial charge on any atom is 0.325 e. The van der Waals surface area contributed by atoms with Crippen molar-refractivity contribution in [2.24, 2.45) is 0 Å². The molecule has 7 nitrogen and oxygen atoms in total. The van der Waals surface area contributed by atoms with E-state index < -0.39 is 6.03 Å². The number of hydrogen-bond acceptors (Lipinski definition) is 5. The van der Waals surface area contributed by atoms with Crippen LogP contribution >= 0.6 is 22.9 Å². The zero-order chi connectivity index (χ0) is 20.9. The number of carbonyl (C=O) groups is 2. The van der Waals surface area contributed by atoms with E-state index in [0.717, 1.165) is 5.69 Å². The van der Waals surface area contributed by atoms with E-state index in [0.29, 0.717) is 47.7 Å². The van der Waals surface area contributed by atoms with Gasteiger partial charge in [0.2, 0.25) is 0 Å². The lowest BCUT2D eigenvalue weighted by atomic mass is 10.2. The number of piperazine rings is 1. The van der Waals surface area contributed by atoms with E-state index in [2.05, 4.69) is 20.5 Å².